The molecule has 2 aromatic rings. The number of benzene rings is 1. The Morgan fingerprint density at radius 1 is 1.18 bits per heavy atom. The summed E-state index contributed by atoms with van der Waals surface area (Å²) in [5.41, 5.74) is 4.36. The number of hydrogen-bond donors (Lipinski definition) is 0. The van der Waals surface area contributed by atoms with Gasteiger partial charge in [-0.2, -0.15) is 5.26 Å². The Morgan fingerprint density at radius 3 is 2.57 bits per heavy atom. The molecule has 0 atom stereocenters. The lowest BCUT2D eigenvalue weighted by atomic mass is 9.92. The molecule has 1 aliphatic heterocycles. The molecule has 1 fully saturated rings. The Kier molecular flexibility index (Phi) is 5.29. The molecule has 2 aliphatic rings. The highest BCUT2D eigenvalue weighted by atomic mass is 32.2. The van der Waals surface area contributed by atoms with Crippen LogP contribution in [-0.2, 0) is 0 Å². The molecule has 1 aromatic carbocycles. The highest BCUT2D eigenvalue weighted by Gasteiger charge is 2.31. The predicted molar refractivity (Wildman–Crippen MR) is 119 cm³/mol. The summed E-state index contributed by atoms with van der Waals surface area (Å²) >= 11 is 1.89. The minimum atomic E-state index is 0.391. The fraction of sp³-hybridized carbons (Fsp3) is 0.458. The molecule has 1 saturated carbocycles. The molecule has 2 heterocycles. The van der Waals surface area contributed by atoms with Crippen molar-refractivity contribution in [2.75, 3.05) is 6.54 Å². The average molecular weight is 392 g/mol. The maximum Gasteiger partial charge on any atom is 0.102 e. The Bertz CT molecular complexity index is 983. The molecule has 4 rings (SSSR count). The SMILES string of the molecule is CC(C)Sc1ccc2c(C#N)c(C3=CC=CCN3C(C)C)n(C3CCC3)c2c1. The van der Waals surface area contributed by atoms with Gasteiger partial charge in [0.05, 0.1) is 22.5 Å². The van der Waals surface area contributed by atoms with Gasteiger partial charge < -0.3 is 9.47 Å². The molecule has 0 unspecified atom stereocenters. The van der Waals surface area contributed by atoms with Gasteiger partial charge in [-0.1, -0.05) is 32.1 Å². The Labute approximate surface area is 172 Å². The summed E-state index contributed by atoms with van der Waals surface area (Å²) in [6.45, 7) is 9.81. The van der Waals surface area contributed by atoms with Crippen LogP contribution in [0.2, 0.25) is 0 Å². The van der Waals surface area contributed by atoms with Crippen molar-refractivity contribution in [2.24, 2.45) is 0 Å². The standard InChI is InChI=1S/C24H29N3S/c1-16(2)26-13-6-5-10-22(26)24-21(15-25)20-12-11-19(28-17(3)4)14-23(20)27(24)18-8-7-9-18/h5-6,10-12,14,16-18H,7-9,13H2,1-4H3. The summed E-state index contributed by atoms with van der Waals surface area (Å²) in [5.74, 6) is 0. The number of rotatable bonds is 5. The summed E-state index contributed by atoms with van der Waals surface area (Å²) in [6.07, 6.45) is 10.2. The molecule has 4 heteroatoms. The molecule has 3 nitrogen and oxygen atoms in total. The van der Waals surface area contributed by atoms with E-state index >= 15 is 0 Å². The van der Waals surface area contributed by atoms with Crippen molar-refractivity contribution in [1.29, 1.82) is 5.26 Å². The van der Waals surface area contributed by atoms with Gasteiger partial charge in [0.2, 0.25) is 0 Å². The normalized spacial score (nSPS) is 17.3. The minimum absolute atomic E-state index is 0.391. The molecule has 1 aromatic heterocycles. The van der Waals surface area contributed by atoms with Crippen molar-refractivity contribution in [3.63, 3.8) is 0 Å². The topological polar surface area (TPSA) is 32.0 Å². The number of aromatic nitrogens is 1. The van der Waals surface area contributed by atoms with Crippen molar-refractivity contribution >= 4 is 28.4 Å². The highest BCUT2D eigenvalue weighted by Crippen LogP contribution is 2.43. The van der Waals surface area contributed by atoms with Crippen molar-refractivity contribution in [3.8, 4) is 6.07 Å². The average Bonchev–Trinajstić information content (AvgIpc) is 2.93. The van der Waals surface area contributed by atoms with Crippen LogP contribution in [0.4, 0.5) is 0 Å². The summed E-state index contributed by atoms with van der Waals surface area (Å²) in [6, 6.07) is 10.1. The fourth-order valence-electron chi connectivity index (χ4n) is 4.26. The summed E-state index contributed by atoms with van der Waals surface area (Å²) in [5, 5.41) is 11.8. The molecule has 1 aliphatic carbocycles. The zero-order chi connectivity index (χ0) is 19.8. The molecule has 0 bridgehead atoms. The van der Waals surface area contributed by atoms with E-state index < -0.39 is 0 Å². The molecule has 0 N–H and O–H groups in total. The van der Waals surface area contributed by atoms with Crippen LogP contribution in [0.5, 0.6) is 0 Å². The smallest absolute Gasteiger partial charge is 0.102 e. The van der Waals surface area contributed by atoms with Crippen LogP contribution < -0.4 is 0 Å². The largest absolute Gasteiger partial charge is 0.364 e. The molecule has 146 valence electrons. The van der Waals surface area contributed by atoms with E-state index in [9.17, 15) is 5.26 Å². The van der Waals surface area contributed by atoms with Crippen molar-refractivity contribution in [3.05, 3.63) is 47.7 Å². The number of allylic oxidation sites excluding steroid dienone is 2. The first-order chi connectivity index (χ1) is 13.5. The van der Waals surface area contributed by atoms with Gasteiger partial charge in [-0.3, -0.25) is 0 Å². The third-order valence-corrected chi connectivity index (χ3v) is 6.76. The van der Waals surface area contributed by atoms with Gasteiger partial charge >= 0.3 is 0 Å². The van der Waals surface area contributed by atoms with Crippen LogP contribution >= 0.6 is 11.8 Å². The van der Waals surface area contributed by atoms with E-state index in [2.05, 4.69) is 79.7 Å². The van der Waals surface area contributed by atoms with Gasteiger partial charge in [-0.05, 0) is 51.3 Å². The molecule has 0 radical (unpaired) electrons. The Morgan fingerprint density at radius 2 is 1.96 bits per heavy atom. The number of fused-ring (bicyclic) bond motifs is 1. The second kappa shape index (κ2) is 7.72. The minimum Gasteiger partial charge on any atom is -0.364 e. The van der Waals surface area contributed by atoms with Crippen molar-refractivity contribution in [1.82, 2.24) is 9.47 Å². The third kappa shape index (κ3) is 3.26. The van der Waals surface area contributed by atoms with E-state index in [1.165, 1.54) is 35.4 Å². The Balaban J connectivity index is 1.97. The number of hydrogen-bond acceptors (Lipinski definition) is 3. The lowest BCUT2D eigenvalue weighted by Crippen LogP contribution is -2.32. The highest BCUT2D eigenvalue weighted by molar-refractivity contribution is 7.99. The lowest BCUT2D eigenvalue weighted by molar-refractivity contribution is 0.311. The number of nitriles is 1. The second-order valence-electron chi connectivity index (χ2n) is 8.36. The first kappa shape index (κ1) is 19.2. The Hall–Kier alpha value is -2.12. The van der Waals surface area contributed by atoms with Gasteiger partial charge in [-0.15, -0.1) is 11.8 Å². The van der Waals surface area contributed by atoms with E-state index in [0.717, 1.165) is 23.2 Å². The third-order valence-electron chi connectivity index (χ3n) is 5.77. The number of nitrogens with zero attached hydrogens (tertiary/aromatic N) is 3. The number of thioether (sulfide) groups is 1. The summed E-state index contributed by atoms with van der Waals surface area (Å²) < 4.78 is 2.49. The molecule has 0 spiro atoms. The van der Waals surface area contributed by atoms with E-state index in [-0.39, 0.29) is 0 Å². The zero-order valence-corrected chi connectivity index (χ0v) is 18.1. The molecule has 28 heavy (non-hydrogen) atoms. The van der Waals surface area contributed by atoms with E-state index in [4.69, 9.17) is 0 Å². The van der Waals surface area contributed by atoms with Crippen LogP contribution in [0.1, 0.15) is 64.3 Å². The summed E-state index contributed by atoms with van der Waals surface area (Å²) in [4.78, 5) is 3.70. The molecular formula is C24H29N3S. The molecule has 0 saturated heterocycles. The van der Waals surface area contributed by atoms with Gasteiger partial charge in [0, 0.05) is 34.2 Å². The maximum atomic E-state index is 10.1. The van der Waals surface area contributed by atoms with Crippen LogP contribution in [0.25, 0.3) is 16.6 Å². The van der Waals surface area contributed by atoms with E-state index in [0.29, 0.717) is 17.3 Å². The summed E-state index contributed by atoms with van der Waals surface area (Å²) in [7, 11) is 0. The van der Waals surface area contributed by atoms with E-state index in [1.54, 1.807) is 0 Å². The van der Waals surface area contributed by atoms with Crippen LogP contribution in [0, 0.1) is 11.3 Å². The predicted octanol–water partition coefficient (Wildman–Crippen LogP) is 6.36. The monoisotopic (exact) mass is 391 g/mol. The van der Waals surface area contributed by atoms with Gasteiger partial charge in [0.15, 0.2) is 0 Å². The first-order valence-corrected chi connectivity index (χ1v) is 11.3. The van der Waals surface area contributed by atoms with Crippen LogP contribution in [0.15, 0.2) is 41.3 Å². The fourth-order valence-corrected chi connectivity index (χ4v) is 5.13. The van der Waals surface area contributed by atoms with Crippen LogP contribution in [-0.4, -0.2) is 27.3 Å². The molecule has 0 amide bonds. The lowest BCUT2D eigenvalue weighted by Gasteiger charge is -2.36. The van der Waals surface area contributed by atoms with Crippen molar-refractivity contribution in [2.45, 2.75) is 69.2 Å². The van der Waals surface area contributed by atoms with Gasteiger partial charge in [0.25, 0.3) is 0 Å². The van der Waals surface area contributed by atoms with Gasteiger partial charge in [-0.25, -0.2) is 0 Å². The zero-order valence-electron chi connectivity index (χ0n) is 17.3. The van der Waals surface area contributed by atoms with Gasteiger partial charge in [0.1, 0.15) is 6.07 Å². The second-order valence-corrected chi connectivity index (χ2v) is 10.0. The van der Waals surface area contributed by atoms with Crippen molar-refractivity contribution < 1.29 is 0 Å². The maximum absolute atomic E-state index is 10.1. The van der Waals surface area contributed by atoms with E-state index in [1.807, 2.05) is 11.8 Å². The first-order valence-electron chi connectivity index (χ1n) is 10.4. The van der Waals surface area contributed by atoms with Crippen LogP contribution in [0.3, 0.4) is 0 Å². The quantitative estimate of drug-likeness (QED) is 0.556. The molecular weight excluding hydrogens is 362 g/mol.